The van der Waals surface area contributed by atoms with Gasteiger partial charge in [-0.2, -0.15) is 0 Å². The number of hydrogen-bond donors (Lipinski definition) is 1. The third kappa shape index (κ3) is 5.50. The minimum atomic E-state index is -0.242. The van der Waals surface area contributed by atoms with Gasteiger partial charge in [0.25, 0.3) is 0 Å². The lowest BCUT2D eigenvalue weighted by molar-refractivity contribution is -0.118. The highest BCUT2D eigenvalue weighted by Crippen LogP contribution is 2.36. The van der Waals surface area contributed by atoms with Gasteiger partial charge in [0.2, 0.25) is 5.91 Å². The molecule has 1 saturated carbocycles. The SMILES string of the molecule is COc1ccc(N2CCN(CCC(N)=O)C(Cc3ccccc3)C2)cc1OC1CCC1. The number of primary amides is 1. The van der Waals surface area contributed by atoms with Crippen molar-refractivity contribution in [2.45, 2.75) is 44.2 Å². The van der Waals surface area contributed by atoms with Crippen molar-refractivity contribution in [1.82, 2.24) is 4.90 Å². The summed E-state index contributed by atoms with van der Waals surface area (Å²) in [6.45, 7) is 3.40. The molecule has 6 nitrogen and oxygen atoms in total. The summed E-state index contributed by atoms with van der Waals surface area (Å²) in [5, 5.41) is 0. The van der Waals surface area contributed by atoms with E-state index >= 15 is 0 Å². The van der Waals surface area contributed by atoms with E-state index in [9.17, 15) is 4.79 Å². The zero-order valence-electron chi connectivity index (χ0n) is 18.3. The average molecular weight is 424 g/mol. The number of ether oxygens (including phenoxy) is 2. The average Bonchev–Trinajstić information content (AvgIpc) is 2.76. The lowest BCUT2D eigenvalue weighted by Crippen LogP contribution is -2.54. The molecule has 2 aromatic rings. The summed E-state index contributed by atoms with van der Waals surface area (Å²) >= 11 is 0. The molecule has 1 heterocycles. The van der Waals surface area contributed by atoms with E-state index in [2.05, 4.69) is 46.2 Å². The molecule has 0 radical (unpaired) electrons. The molecule has 0 aromatic heterocycles. The quantitative estimate of drug-likeness (QED) is 0.671. The second kappa shape index (κ2) is 10.1. The van der Waals surface area contributed by atoms with Crippen LogP contribution in [0.15, 0.2) is 48.5 Å². The van der Waals surface area contributed by atoms with Gasteiger partial charge in [0, 0.05) is 50.4 Å². The number of nitrogens with zero attached hydrogens (tertiary/aromatic N) is 2. The van der Waals surface area contributed by atoms with Crippen molar-refractivity contribution < 1.29 is 14.3 Å². The summed E-state index contributed by atoms with van der Waals surface area (Å²) < 4.78 is 11.7. The minimum absolute atomic E-state index is 0.242. The van der Waals surface area contributed by atoms with Crippen LogP contribution >= 0.6 is 0 Å². The Bertz CT molecular complexity index is 870. The van der Waals surface area contributed by atoms with E-state index in [0.717, 1.165) is 56.1 Å². The second-order valence-electron chi connectivity index (χ2n) is 8.55. The third-order valence-corrected chi connectivity index (χ3v) is 6.42. The number of carbonyl (C=O) groups is 1. The first-order chi connectivity index (χ1) is 15.1. The molecule has 0 bridgehead atoms. The molecule has 1 amide bonds. The Morgan fingerprint density at radius 3 is 2.58 bits per heavy atom. The Morgan fingerprint density at radius 1 is 1.10 bits per heavy atom. The smallest absolute Gasteiger partial charge is 0.218 e. The van der Waals surface area contributed by atoms with Crippen molar-refractivity contribution in [2.24, 2.45) is 5.73 Å². The maximum Gasteiger partial charge on any atom is 0.218 e. The molecule has 2 fully saturated rings. The van der Waals surface area contributed by atoms with E-state index in [-0.39, 0.29) is 5.91 Å². The fourth-order valence-corrected chi connectivity index (χ4v) is 4.38. The predicted octanol–water partition coefficient (Wildman–Crippen LogP) is 3.24. The van der Waals surface area contributed by atoms with Gasteiger partial charge in [-0.05, 0) is 43.4 Å². The van der Waals surface area contributed by atoms with Crippen LogP contribution in [0.2, 0.25) is 0 Å². The summed E-state index contributed by atoms with van der Waals surface area (Å²) in [5.41, 5.74) is 7.89. The van der Waals surface area contributed by atoms with Crippen LogP contribution in [-0.4, -0.2) is 56.2 Å². The van der Waals surface area contributed by atoms with Crippen LogP contribution in [0.3, 0.4) is 0 Å². The molecule has 0 spiro atoms. The van der Waals surface area contributed by atoms with Crippen LogP contribution in [0.5, 0.6) is 11.5 Å². The number of hydrogen-bond acceptors (Lipinski definition) is 5. The second-order valence-corrected chi connectivity index (χ2v) is 8.55. The number of rotatable bonds is 9. The van der Waals surface area contributed by atoms with Crippen LogP contribution in [-0.2, 0) is 11.2 Å². The Balaban J connectivity index is 1.50. The first-order valence-corrected chi connectivity index (χ1v) is 11.3. The zero-order valence-corrected chi connectivity index (χ0v) is 18.3. The molecule has 1 atom stereocenters. The molecule has 2 N–H and O–H groups in total. The lowest BCUT2D eigenvalue weighted by Gasteiger charge is -2.42. The van der Waals surface area contributed by atoms with Crippen molar-refractivity contribution in [2.75, 3.05) is 38.2 Å². The molecular formula is C25H33N3O3. The van der Waals surface area contributed by atoms with E-state index in [4.69, 9.17) is 15.2 Å². The normalized spacial score (nSPS) is 19.6. The molecule has 166 valence electrons. The highest BCUT2D eigenvalue weighted by molar-refractivity contribution is 5.73. The van der Waals surface area contributed by atoms with Crippen molar-refractivity contribution >= 4 is 11.6 Å². The largest absolute Gasteiger partial charge is 0.493 e. The highest BCUT2D eigenvalue weighted by atomic mass is 16.5. The molecule has 4 rings (SSSR count). The summed E-state index contributed by atoms with van der Waals surface area (Å²) in [7, 11) is 1.69. The van der Waals surface area contributed by atoms with E-state index in [1.54, 1.807) is 7.11 Å². The molecule has 1 aliphatic heterocycles. The molecule has 2 aliphatic rings. The Morgan fingerprint density at radius 2 is 1.90 bits per heavy atom. The Kier molecular flexibility index (Phi) is 6.97. The van der Waals surface area contributed by atoms with Gasteiger partial charge in [-0.3, -0.25) is 9.69 Å². The van der Waals surface area contributed by atoms with Gasteiger partial charge in [-0.1, -0.05) is 30.3 Å². The molecular weight excluding hydrogens is 390 g/mol. The van der Waals surface area contributed by atoms with Gasteiger partial charge < -0.3 is 20.1 Å². The van der Waals surface area contributed by atoms with Crippen LogP contribution in [0.25, 0.3) is 0 Å². The topological polar surface area (TPSA) is 68.0 Å². The van der Waals surface area contributed by atoms with Crippen molar-refractivity contribution in [3.8, 4) is 11.5 Å². The lowest BCUT2D eigenvalue weighted by atomic mass is 9.96. The molecule has 6 heteroatoms. The third-order valence-electron chi connectivity index (χ3n) is 6.42. The van der Waals surface area contributed by atoms with E-state index in [1.165, 1.54) is 12.0 Å². The number of nitrogens with two attached hydrogens (primary N) is 1. The highest BCUT2D eigenvalue weighted by Gasteiger charge is 2.28. The number of carbonyl (C=O) groups excluding carboxylic acids is 1. The van der Waals surface area contributed by atoms with Crippen LogP contribution < -0.4 is 20.1 Å². The molecule has 1 aliphatic carbocycles. The fraction of sp³-hybridized carbons (Fsp3) is 0.480. The van der Waals surface area contributed by atoms with Crippen molar-refractivity contribution in [3.63, 3.8) is 0 Å². The molecule has 1 saturated heterocycles. The van der Waals surface area contributed by atoms with Crippen molar-refractivity contribution in [1.29, 1.82) is 0 Å². The van der Waals surface area contributed by atoms with Gasteiger partial charge in [-0.25, -0.2) is 0 Å². The minimum Gasteiger partial charge on any atom is -0.493 e. The number of amides is 1. The number of benzene rings is 2. The number of piperazine rings is 1. The zero-order chi connectivity index (χ0) is 21.6. The summed E-state index contributed by atoms with van der Waals surface area (Å²) in [6, 6.07) is 17.1. The molecule has 31 heavy (non-hydrogen) atoms. The van der Waals surface area contributed by atoms with E-state index in [1.807, 2.05) is 12.1 Å². The van der Waals surface area contributed by atoms with Gasteiger partial charge in [0.05, 0.1) is 13.2 Å². The number of methoxy groups -OCH3 is 1. The first kappa shape index (κ1) is 21.5. The van der Waals surface area contributed by atoms with Crippen LogP contribution in [0.1, 0.15) is 31.2 Å². The van der Waals surface area contributed by atoms with E-state index in [0.29, 0.717) is 25.1 Å². The predicted molar refractivity (Wildman–Crippen MR) is 123 cm³/mol. The van der Waals surface area contributed by atoms with Crippen LogP contribution in [0.4, 0.5) is 5.69 Å². The van der Waals surface area contributed by atoms with Crippen LogP contribution in [0, 0.1) is 0 Å². The number of anilines is 1. The maximum absolute atomic E-state index is 11.4. The van der Waals surface area contributed by atoms with Gasteiger partial charge in [-0.15, -0.1) is 0 Å². The van der Waals surface area contributed by atoms with Gasteiger partial charge >= 0.3 is 0 Å². The summed E-state index contributed by atoms with van der Waals surface area (Å²) in [5.74, 6) is 1.38. The Labute approximate surface area is 184 Å². The fourth-order valence-electron chi connectivity index (χ4n) is 4.38. The summed E-state index contributed by atoms with van der Waals surface area (Å²) in [6.07, 6.45) is 5.11. The molecule has 1 unspecified atom stereocenters. The molecule has 2 aromatic carbocycles. The standard InChI is InChI=1S/C25H33N3O3/c1-30-23-11-10-20(17-24(23)31-22-8-5-9-22)28-15-14-27(13-12-25(26)29)21(18-28)16-19-6-3-2-4-7-19/h2-4,6-7,10-11,17,21-22H,5,8-9,12-16,18H2,1H3,(H2,26,29). The van der Waals surface area contributed by atoms with Gasteiger partial charge in [0.1, 0.15) is 0 Å². The maximum atomic E-state index is 11.4. The van der Waals surface area contributed by atoms with E-state index < -0.39 is 0 Å². The van der Waals surface area contributed by atoms with Gasteiger partial charge in [0.15, 0.2) is 11.5 Å². The Hall–Kier alpha value is -2.73. The summed E-state index contributed by atoms with van der Waals surface area (Å²) in [4.78, 5) is 16.2. The van der Waals surface area contributed by atoms with Crippen molar-refractivity contribution in [3.05, 3.63) is 54.1 Å². The first-order valence-electron chi connectivity index (χ1n) is 11.3. The monoisotopic (exact) mass is 423 g/mol.